The predicted octanol–water partition coefficient (Wildman–Crippen LogP) is 5.34. The van der Waals surface area contributed by atoms with Crippen molar-refractivity contribution in [1.29, 1.82) is 0 Å². The van der Waals surface area contributed by atoms with Crippen LogP contribution in [0.3, 0.4) is 0 Å². The maximum atomic E-state index is 13.6. The Morgan fingerprint density at radius 2 is 1.90 bits per heavy atom. The highest BCUT2D eigenvalue weighted by Gasteiger charge is 2.36. The molecule has 3 aromatic rings. The maximum Gasteiger partial charge on any atom is 0.433 e. The maximum absolute atomic E-state index is 13.6. The number of amides is 1. The van der Waals surface area contributed by atoms with E-state index in [1.807, 2.05) is 0 Å². The van der Waals surface area contributed by atoms with Crippen LogP contribution < -0.4 is 5.32 Å². The van der Waals surface area contributed by atoms with E-state index in [0.29, 0.717) is 10.4 Å². The Labute approximate surface area is 177 Å². The number of furan rings is 1. The molecule has 1 amide bonds. The van der Waals surface area contributed by atoms with Crippen molar-refractivity contribution in [1.82, 2.24) is 19.9 Å². The molecule has 0 spiro atoms. The first kappa shape index (κ1) is 21.4. The largest absolute Gasteiger partial charge is 0.463 e. The summed E-state index contributed by atoms with van der Waals surface area (Å²) >= 11 is 0. The third kappa shape index (κ3) is 4.31. The Morgan fingerprint density at radius 1 is 1.19 bits per heavy atom. The second kappa shape index (κ2) is 7.69. The van der Waals surface area contributed by atoms with Crippen molar-refractivity contribution in [3.05, 3.63) is 41.9 Å². The average molecular weight is 434 g/mol. The van der Waals surface area contributed by atoms with Gasteiger partial charge < -0.3 is 9.73 Å². The van der Waals surface area contributed by atoms with E-state index < -0.39 is 17.8 Å². The van der Waals surface area contributed by atoms with Crippen molar-refractivity contribution < 1.29 is 22.4 Å². The molecule has 31 heavy (non-hydrogen) atoms. The monoisotopic (exact) mass is 434 g/mol. The zero-order valence-corrected chi connectivity index (χ0v) is 17.7. The summed E-state index contributed by atoms with van der Waals surface area (Å²) in [4.78, 5) is 17.2. The Hall–Kier alpha value is -2.84. The van der Waals surface area contributed by atoms with Crippen molar-refractivity contribution in [3.8, 4) is 11.5 Å². The molecule has 6 nitrogen and oxygen atoms in total. The van der Waals surface area contributed by atoms with Crippen molar-refractivity contribution in [3.63, 3.8) is 0 Å². The fraction of sp³-hybridized carbons (Fsp3) is 0.500. The summed E-state index contributed by atoms with van der Waals surface area (Å²) in [6.07, 6.45) is 1.50. The summed E-state index contributed by atoms with van der Waals surface area (Å²) < 4.78 is 46.8. The predicted molar refractivity (Wildman–Crippen MR) is 108 cm³/mol. The van der Waals surface area contributed by atoms with Gasteiger partial charge in [-0.25, -0.2) is 9.50 Å². The number of carbonyl (C=O) groups is 1. The molecule has 1 fully saturated rings. The highest BCUT2D eigenvalue weighted by molar-refractivity contribution is 6.00. The van der Waals surface area contributed by atoms with E-state index in [4.69, 9.17) is 4.42 Å². The Bertz CT molecular complexity index is 1070. The number of fused-ring (bicyclic) bond motifs is 1. The molecule has 9 heteroatoms. The van der Waals surface area contributed by atoms with Gasteiger partial charge in [0.2, 0.25) is 0 Å². The molecule has 0 atom stereocenters. The Kier molecular flexibility index (Phi) is 5.31. The quantitative estimate of drug-likeness (QED) is 0.604. The van der Waals surface area contributed by atoms with Crippen LogP contribution in [-0.2, 0) is 6.18 Å². The molecular formula is C22H25F3N4O2. The van der Waals surface area contributed by atoms with Crippen LogP contribution in [0.5, 0.6) is 0 Å². The third-order valence-corrected chi connectivity index (χ3v) is 6.07. The minimum absolute atomic E-state index is 0.00920. The molecule has 3 aromatic heterocycles. The standard InChI is InChI=1S/C22H25F3N4O2/c1-21(2,3)13-6-8-14(9-7-13)27-20(30)15-12-26-29-18(22(23,24)25)11-16(28-19(15)29)17-5-4-10-31-17/h4-5,10-14H,6-9H2,1-3H3,(H,27,30). The molecule has 0 bridgehead atoms. The van der Waals surface area contributed by atoms with Gasteiger partial charge in [0, 0.05) is 6.04 Å². The third-order valence-electron chi connectivity index (χ3n) is 6.07. The molecule has 0 radical (unpaired) electrons. The van der Waals surface area contributed by atoms with Gasteiger partial charge in [0.25, 0.3) is 5.91 Å². The van der Waals surface area contributed by atoms with Crippen LogP contribution in [0.4, 0.5) is 13.2 Å². The van der Waals surface area contributed by atoms with Gasteiger partial charge in [-0.2, -0.15) is 18.3 Å². The first-order valence-corrected chi connectivity index (χ1v) is 10.3. The lowest BCUT2D eigenvalue weighted by Crippen LogP contribution is -2.39. The number of carbonyl (C=O) groups excluding carboxylic acids is 1. The van der Waals surface area contributed by atoms with E-state index in [0.717, 1.165) is 37.9 Å². The van der Waals surface area contributed by atoms with E-state index in [-0.39, 0.29) is 34.1 Å². The van der Waals surface area contributed by atoms with Gasteiger partial charge in [0.1, 0.15) is 11.3 Å². The van der Waals surface area contributed by atoms with Gasteiger partial charge in [0.05, 0.1) is 12.5 Å². The van der Waals surface area contributed by atoms with Gasteiger partial charge >= 0.3 is 6.18 Å². The molecule has 0 aliphatic heterocycles. The Morgan fingerprint density at radius 3 is 2.48 bits per heavy atom. The fourth-order valence-electron chi connectivity index (χ4n) is 4.24. The molecule has 4 rings (SSSR count). The van der Waals surface area contributed by atoms with Crippen molar-refractivity contribution in [2.24, 2.45) is 11.3 Å². The van der Waals surface area contributed by atoms with Crippen LogP contribution in [0.15, 0.2) is 35.1 Å². The molecular weight excluding hydrogens is 409 g/mol. The zero-order chi connectivity index (χ0) is 22.4. The summed E-state index contributed by atoms with van der Waals surface area (Å²) in [7, 11) is 0. The van der Waals surface area contributed by atoms with Crippen molar-refractivity contribution in [2.75, 3.05) is 0 Å². The van der Waals surface area contributed by atoms with Crippen LogP contribution in [0.1, 0.15) is 62.5 Å². The average Bonchev–Trinajstić information content (AvgIpc) is 3.36. The second-order valence-corrected chi connectivity index (χ2v) is 9.18. The van der Waals surface area contributed by atoms with Gasteiger partial charge in [-0.3, -0.25) is 4.79 Å². The first-order valence-electron chi connectivity index (χ1n) is 10.3. The molecule has 166 valence electrons. The van der Waals surface area contributed by atoms with Gasteiger partial charge in [-0.05, 0) is 55.2 Å². The molecule has 0 aromatic carbocycles. The van der Waals surface area contributed by atoms with Crippen molar-refractivity contribution in [2.45, 2.75) is 58.7 Å². The van der Waals surface area contributed by atoms with Gasteiger partial charge in [-0.15, -0.1) is 0 Å². The topological polar surface area (TPSA) is 72.4 Å². The molecule has 1 saturated carbocycles. The number of hydrogen-bond acceptors (Lipinski definition) is 4. The van der Waals surface area contributed by atoms with Gasteiger partial charge in [0.15, 0.2) is 17.1 Å². The van der Waals surface area contributed by atoms with Gasteiger partial charge in [-0.1, -0.05) is 20.8 Å². The van der Waals surface area contributed by atoms with Crippen LogP contribution in [-0.4, -0.2) is 26.5 Å². The minimum Gasteiger partial charge on any atom is -0.463 e. The molecule has 1 aliphatic rings. The molecule has 3 heterocycles. The second-order valence-electron chi connectivity index (χ2n) is 9.18. The van der Waals surface area contributed by atoms with Crippen LogP contribution in [0.2, 0.25) is 0 Å². The smallest absolute Gasteiger partial charge is 0.433 e. The highest BCUT2D eigenvalue weighted by Crippen LogP contribution is 2.38. The summed E-state index contributed by atoms with van der Waals surface area (Å²) in [6.45, 7) is 6.66. The Balaban J connectivity index is 1.62. The minimum atomic E-state index is -4.67. The number of nitrogens with zero attached hydrogens (tertiary/aromatic N) is 3. The van der Waals surface area contributed by atoms with E-state index in [2.05, 4.69) is 36.2 Å². The summed E-state index contributed by atoms with van der Waals surface area (Å²) in [5, 5.41) is 6.77. The number of alkyl halides is 3. The van der Waals surface area contributed by atoms with Crippen LogP contribution in [0.25, 0.3) is 17.1 Å². The van der Waals surface area contributed by atoms with E-state index >= 15 is 0 Å². The summed E-state index contributed by atoms with van der Waals surface area (Å²) in [6, 6.07) is 3.93. The fourth-order valence-corrected chi connectivity index (χ4v) is 4.24. The summed E-state index contributed by atoms with van der Waals surface area (Å²) in [5.74, 6) is 0.303. The lowest BCUT2D eigenvalue weighted by Gasteiger charge is -2.37. The SMILES string of the molecule is CC(C)(C)C1CCC(NC(=O)c2cnn3c(C(F)(F)F)cc(-c4ccco4)nc23)CC1. The lowest BCUT2D eigenvalue weighted by atomic mass is 9.71. The van der Waals surface area contributed by atoms with E-state index in [1.54, 1.807) is 6.07 Å². The van der Waals surface area contributed by atoms with Crippen LogP contribution >= 0.6 is 0 Å². The molecule has 0 unspecified atom stereocenters. The zero-order valence-electron chi connectivity index (χ0n) is 17.7. The normalized spacial score (nSPS) is 20.2. The van der Waals surface area contributed by atoms with Crippen LogP contribution in [0, 0.1) is 11.3 Å². The lowest BCUT2D eigenvalue weighted by molar-refractivity contribution is -0.142. The summed E-state index contributed by atoms with van der Waals surface area (Å²) in [5.41, 5.74) is -0.949. The molecule has 1 aliphatic carbocycles. The van der Waals surface area contributed by atoms with E-state index in [9.17, 15) is 18.0 Å². The molecule has 1 N–H and O–H groups in total. The molecule has 0 saturated heterocycles. The number of halogens is 3. The first-order chi connectivity index (χ1) is 14.5. The number of nitrogens with one attached hydrogen (secondary N) is 1. The van der Waals surface area contributed by atoms with Crippen molar-refractivity contribution >= 4 is 11.6 Å². The number of aromatic nitrogens is 3. The number of rotatable bonds is 3. The highest BCUT2D eigenvalue weighted by atomic mass is 19.4. The van der Waals surface area contributed by atoms with E-state index in [1.165, 1.54) is 12.3 Å². The number of hydrogen-bond donors (Lipinski definition) is 1.